The number of methoxy groups -OCH3 is 1. The highest BCUT2D eigenvalue weighted by Crippen LogP contribution is 2.25. The normalized spacial score (nSPS) is 13.3. The number of sulfonamides is 1. The van der Waals surface area contributed by atoms with Crippen molar-refractivity contribution < 1.29 is 22.7 Å². The number of carbonyl (C=O) groups excluding carboxylic acids is 2. The molecule has 1 aliphatic rings. The van der Waals surface area contributed by atoms with Gasteiger partial charge in [0.05, 0.1) is 7.11 Å². The molecule has 8 nitrogen and oxygen atoms in total. The molecule has 0 aliphatic carbocycles. The van der Waals surface area contributed by atoms with E-state index in [1.54, 1.807) is 18.2 Å². The molecule has 0 spiro atoms. The molecule has 0 saturated carbocycles. The lowest BCUT2D eigenvalue weighted by molar-refractivity contribution is -0.118. The Morgan fingerprint density at radius 3 is 2.67 bits per heavy atom. The molecule has 1 aliphatic heterocycles. The maximum atomic E-state index is 12.9. The maximum absolute atomic E-state index is 12.9. The van der Waals surface area contributed by atoms with Gasteiger partial charge in [-0.1, -0.05) is 12.1 Å². The number of fused-ring (bicyclic) bond motifs is 1. The van der Waals surface area contributed by atoms with Gasteiger partial charge in [0.1, 0.15) is 10.6 Å². The minimum atomic E-state index is -4.16. The molecular weight excluding hydrogens is 406 g/mol. The molecule has 9 heteroatoms. The molecule has 2 amide bonds. The van der Waals surface area contributed by atoms with Crippen molar-refractivity contribution >= 4 is 21.8 Å². The van der Waals surface area contributed by atoms with E-state index in [2.05, 4.69) is 15.4 Å². The van der Waals surface area contributed by atoms with Crippen molar-refractivity contribution in [3.8, 4) is 5.75 Å². The number of rotatable bonds is 7. The van der Waals surface area contributed by atoms with Gasteiger partial charge < -0.3 is 15.4 Å². The lowest BCUT2D eigenvalue weighted by atomic mass is 9.98. The van der Waals surface area contributed by atoms with Gasteiger partial charge in [-0.25, -0.2) is 13.1 Å². The Kier molecular flexibility index (Phi) is 6.73. The summed E-state index contributed by atoms with van der Waals surface area (Å²) < 4.78 is 33.2. The molecule has 3 rings (SSSR count). The Labute approximate surface area is 176 Å². The van der Waals surface area contributed by atoms with Crippen LogP contribution >= 0.6 is 0 Å². The summed E-state index contributed by atoms with van der Waals surface area (Å²) in [6, 6.07) is 9.92. The summed E-state index contributed by atoms with van der Waals surface area (Å²) in [5.74, 6) is -0.730. The standard InChI is InChI=1S/C21H25N3O5S/c1-14(25)23-10-7-15-3-6-19(29-2)20(11-15)30(27,28)24-21(26)17-5-4-16-8-9-22-13-18(16)12-17/h3-6,11-12,22H,7-10,13H2,1-2H3,(H,23,25)(H,24,26). The molecule has 3 N–H and O–H groups in total. The fraction of sp³-hybridized carbons (Fsp3) is 0.333. The van der Waals surface area contributed by atoms with Crippen molar-refractivity contribution in [3.05, 3.63) is 58.7 Å². The largest absolute Gasteiger partial charge is 0.495 e. The van der Waals surface area contributed by atoms with Crippen LogP contribution in [0.3, 0.4) is 0 Å². The van der Waals surface area contributed by atoms with Gasteiger partial charge in [0, 0.05) is 25.6 Å². The molecule has 0 radical (unpaired) electrons. The molecule has 1 heterocycles. The van der Waals surface area contributed by atoms with Crippen LogP contribution < -0.4 is 20.1 Å². The van der Waals surface area contributed by atoms with E-state index in [9.17, 15) is 18.0 Å². The average Bonchev–Trinajstić information content (AvgIpc) is 2.72. The Hall–Kier alpha value is -2.91. The summed E-state index contributed by atoms with van der Waals surface area (Å²) in [7, 11) is -2.80. The SMILES string of the molecule is COc1ccc(CCNC(C)=O)cc1S(=O)(=O)NC(=O)c1ccc2c(c1)CNCC2. The monoisotopic (exact) mass is 431 g/mol. The highest BCUT2D eigenvalue weighted by Gasteiger charge is 2.24. The number of amides is 2. The van der Waals surface area contributed by atoms with E-state index < -0.39 is 15.9 Å². The van der Waals surface area contributed by atoms with E-state index >= 15 is 0 Å². The van der Waals surface area contributed by atoms with Crippen LogP contribution in [0.5, 0.6) is 5.75 Å². The topological polar surface area (TPSA) is 114 Å². The van der Waals surface area contributed by atoms with Gasteiger partial charge >= 0.3 is 0 Å². The van der Waals surface area contributed by atoms with Crippen molar-refractivity contribution in [1.82, 2.24) is 15.4 Å². The minimum absolute atomic E-state index is 0.127. The Morgan fingerprint density at radius 1 is 1.13 bits per heavy atom. The van der Waals surface area contributed by atoms with E-state index in [0.717, 1.165) is 24.1 Å². The number of benzene rings is 2. The summed E-state index contributed by atoms with van der Waals surface area (Å²) in [6.45, 7) is 3.31. The molecule has 0 aromatic heterocycles. The third-order valence-electron chi connectivity index (χ3n) is 4.89. The number of hydrogen-bond donors (Lipinski definition) is 3. The first-order chi connectivity index (χ1) is 14.3. The minimum Gasteiger partial charge on any atom is -0.495 e. The Bertz CT molecular complexity index is 1070. The van der Waals surface area contributed by atoms with Crippen LogP contribution in [0, 0.1) is 0 Å². The van der Waals surface area contributed by atoms with Gasteiger partial charge in [0.25, 0.3) is 15.9 Å². The molecule has 2 aromatic rings. The first-order valence-corrected chi connectivity index (χ1v) is 11.1. The van der Waals surface area contributed by atoms with Crippen molar-refractivity contribution in [2.24, 2.45) is 0 Å². The van der Waals surface area contributed by atoms with Crippen LogP contribution in [0.4, 0.5) is 0 Å². The Morgan fingerprint density at radius 2 is 1.93 bits per heavy atom. The summed E-state index contributed by atoms with van der Waals surface area (Å²) in [6.07, 6.45) is 1.32. The zero-order valence-corrected chi connectivity index (χ0v) is 17.8. The number of nitrogens with one attached hydrogen (secondary N) is 3. The third-order valence-corrected chi connectivity index (χ3v) is 6.24. The average molecular weight is 432 g/mol. The molecule has 0 atom stereocenters. The zero-order chi connectivity index (χ0) is 21.7. The zero-order valence-electron chi connectivity index (χ0n) is 16.9. The van der Waals surface area contributed by atoms with Crippen LogP contribution in [0.15, 0.2) is 41.3 Å². The summed E-state index contributed by atoms with van der Waals surface area (Å²) >= 11 is 0. The van der Waals surface area contributed by atoms with Gasteiger partial charge in [-0.2, -0.15) is 0 Å². The summed E-state index contributed by atoms with van der Waals surface area (Å²) in [5, 5.41) is 5.90. The molecule has 160 valence electrons. The van der Waals surface area contributed by atoms with Gasteiger partial charge in [-0.15, -0.1) is 0 Å². The summed E-state index contributed by atoms with van der Waals surface area (Å²) in [4.78, 5) is 23.6. The smallest absolute Gasteiger partial charge is 0.268 e. The van der Waals surface area contributed by atoms with E-state index in [1.165, 1.54) is 26.2 Å². The lowest BCUT2D eigenvalue weighted by Crippen LogP contribution is -2.31. The fourth-order valence-corrected chi connectivity index (χ4v) is 4.52. The van der Waals surface area contributed by atoms with Crippen LogP contribution in [-0.4, -0.2) is 40.4 Å². The number of hydrogen-bond acceptors (Lipinski definition) is 6. The third kappa shape index (κ3) is 5.17. The number of carbonyl (C=O) groups is 2. The van der Waals surface area contributed by atoms with Gasteiger partial charge in [-0.3, -0.25) is 9.59 Å². The van der Waals surface area contributed by atoms with Crippen LogP contribution in [-0.2, 0) is 34.2 Å². The number of ether oxygens (including phenoxy) is 1. The molecule has 0 unspecified atom stereocenters. The molecule has 0 saturated heterocycles. The van der Waals surface area contributed by atoms with E-state index in [4.69, 9.17) is 4.74 Å². The Balaban J connectivity index is 1.81. The predicted molar refractivity (Wildman–Crippen MR) is 112 cm³/mol. The second-order valence-corrected chi connectivity index (χ2v) is 8.71. The van der Waals surface area contributed by atoms with E-state index in [0.29, 0.717) is 25.1 Å². The van der Waals surface area contributed by atoms with Crippen molar-refractivity contribution in [3.63, 3.8) is 0 Å². The second kappa shape index (κ2) is 9.27. The lowest BCUT2D eigenvalue weighted by Gasteiger charge is -2.18. The molecule has 0 bridgehead atoms. The molecule has 30 heavy (non-hydrogen) atoms. The summed E-state index contributed by atoms with van der Waals surface area (Å²) in [5.41, 5.74) is 3.12. The van der Waals surface area contributed by atoms with Crippen molar-refractivity contribution in [1.29, 1.82) is 0 Å². The highest BCUT2D eigenvalue weighted by atomic mass is 32.2. The first-order valence-electron chi connectivity index (χ1n) is 9.61. The van der Waals surface area contributed by atoms with Gasteiger partial charge in [0.15, 0.2) is 0 Å². The first kappa shape index (κ1) is 21.8. The van der Waals surface area contributed by atoms with Gasteiger partial charge in [0.2, 0.25) is 5.91 Å². The quantitative estimate of drug-likeness (QED) is 0.606. The van der Waals surface area contributed by atoms with Crippen LogP contribution in [0.1, 0.15) is 34.0 Å². The van der Waals surface area contributed by atoms with Crippen LogP contribution in [0.2, 0.25) is 0 Å². The maximum Gasteiger partial charge on any atom is 0.268 e. The highest BCUT2D eigenvalue weighted by molar-refractivity contribution is 7.90. The fourth-order valence-electron chi connectivity index (χ4n) is 3.33. The molecule has 0 fully saturated rings. The van der Waals surface area contributed by atoms with Crippen molar-refractivity contribution in [2.75, 3.05) is 20.2 Å². The molecular formula is C21H25N3O5S. The van der Waals surface area contributed by atoms with Gasteiger partial charge in [-0.05, 0) is 60.3 Å². The van der Waals surface area contributed by atoms with Crippen LogP contribution in [0.25, 0.3) is 0 Å². The molecule has 2 aromatic carbocycles. The van der Waals surface area contributed by atoms with E-state index in [-0.39, 0.29) is 22.1 Å². The van der Waals surface area contributed by atoms with E-state index in [1.807, 2.05) is 6.07 Å². The second-order valence-electron chi connectivity index (χ2n) is 7.06. The van der Waals surface area contributed by atoms with Crippen molar-refractivity contribution in [2.45, 2.75) is 31.2 Å². The predicted octanol–water partition coefficient (Wildman–Crippen LogP) is 1.14.